The second-order valence-corrected chi connectivity index (χ2v) is 5.27. The van der Waals surface area contributed by atoms with Crippen LogP contribution in [0.2, 0.25) is 11.1 Å². The Balaban J connectivity index is 0. The normalized spacial score (nSPS) is 14.7. The van der Waals surface area contributed by atoms with Crippen LogP contribution in [0, 0.1) is 0 Å². The Kier molecular flexibility index (Phi) is 7.77. The average molecular weight is 230 g/mol. The van der Waals surface area contributed by atoms with Gasteiger partial charge < -0.3 is 5.48 Å². The average Bonchev–Trinajstić information content (AvgIpc) is 1.82. The molecule has 0 saturated carbocycles. The van der Waals surface area contributed by atoms with E-state index in [0.29, 0.717) is 11.7 Å². The van der Waals surface area contributed by atoms with Gasteiger partial charge in [0.2, 0.25) is 0 Å². The Bertz CT molecular complexity index is 149. The number of nitrogens with two attached hydrogens (primary N) is 1. The van der Waals surface area contributed by atoms with Gasteiger partial charge in [0, 0.05) is 0 Å². The molecule has 68 valence electrons. The number of carboxylic acid groups (broad SMARTS) is 1. The van der Waals surface area contributed by atoms with E-state index in [-0.39, 0.29) is 5.48 Å². The van der Waals surface area contributed by atoms with Gasteiger partial charge >= 0.3 is 62.9 Å². The van der Waals surface area contributed by atoms with Crippen molar-refractivity contribution in [2.24, 2.45) is 5.73 Å². The van der Waals surface area contributed by atoms with Crippen LogP contribution in [0.4, 0.5) is 0 Å². The summed E-state index contributed by atoms with van der Waals surface area (Å²) in [7, 11) is 0. The van der Waals surface area contributed by atoms with Crippen LogP contribution in [0.5, 0.6) is 0 Å². The zero-order valence-electron chi connectivity index (χ0n) is 6.24. The van der Waals surface area contributed by atoms with Crippen LogP contribution < -0.4 is 5.73 Å². The van der Waals surface area contributed by atoms with E-state index in [1.165, 1.54) is 0 Å². The predicted molar refractivity (Wildman–Crippen MR) is 41.0 cm³/mol. The molecule has 6 heteroatoms. The van der Waals surface area contributed by atoms with Gasteiger partial charge in [-0.1, -0.05) is 0 Å². The molecule has 0 saturated heterocycles. The summed E-state index contributed by atoms with van der Waals surface area (Å²) in [6.45, 7) is 0. The molecule has 11 heavy (non-hydrogen) atoms. The molecule has 0 aliphatic rings. The molecule has 0 rings (SSSR count). The fraction of sp³-hybridized carbons (Fsp3) is 0.800. The van der Waals surface area contributed by atoms with Crippen LogP contribution in [-0.4, -0.2) is 36.4 Å². The number of carboxylic acids is 1. The standard InChI is InChI=1S/C5H11NO3Se.H2O/c1-10(9)3-2-4(6)5(7)8;/h4H,2-3,6H2,1H3,(H,7,8);1H2/t4-,10?;/m0./s1. The van der Waals surface area contributed by atoms with Crippen molar-refractivity contribution in [3.8, 4) is 0 Å². The van der Waals surface area contributed by atoms with E-state index in [1.54, 1.807) is 5.82 Å². The van der Waals surface area contributed by atoms with Crippen LogP contribution in [0.15, 0.2) is 0 Å². The Labute approximate surface area is 69.0 Å². The molecule has 0 bridgehead atoms. The summed E-state index contributed by atoms with van der Waals surface area (Å²) < 4.78 is 10.5. The molecular weight excluding hydrogens is 217 g/mol. The molecule has 5 nitrogen and oxygen atoms in total. The minimum atomic E-state index is -1.75. The third-order valence-electron chi connectivity index (χ3n) is 1.03. The third-order valence-corrected chi connectivity index (χ3v) is 2.73. The Hall–Kier alpha value is -0.291. The van der Waals surface area contributed by atoms with E-state index in [2.05, 4.69) is 0 Å². The number of aliphatic carboxylic acids is 1. The number of hydrogen-bond acceptors (Lipinski definition) is 3. The molecule has 1 unspecified atom stereocenters. The van der Waals surface area contributed by atoms with Gasteiger partial charge in [-0.15, -0.1) is 0 Å². The van der Waals surface area contributed by atoms with Gasteiger partial charge in [-0.3, -0.25) is 0 Å². The number of hydrogen-bond donors (Lipinski definition) is 2. The Morgan fingerprint density at radius 3 is 2.45 bits per heavy atom. The Morgan fingerprint density at radius 2 is 2.18 bits per heavy atom. The van der Waals surface area contributed by atoms with Crippen LogP contribution in [-0.2, 0) is 8.63 Å². The van der Waals surface area contributed by atoms with Crippen molar-refractivity contribution in [2.75, 3.05) is 0 Å². The fourth-order valence-electron chi connectivity index (χ4n) is 0.416. The first-order valence-electron chi connectivity index (χ1n) is 2.82. The van der Waals surface area contributed by atoms with Gasteiger partial charge in [-0.2, -0.15) is 0 Å². The largest absolute Gasteiger partial charge is 0.412 e. The summed E-state index contributed by atoms with van der Waals surface area (Å²) in [4.78, 5) is 10.1. The first-order chi connectivity index (χ1) is 4.54. The van der Waals surface area contributed by atoms with Crippen molar-refractivity contribution in [1.29, 1.82) is 0 Å². The molecule has 0 aliphatic heterocycles. The summed E-state index contributed by atoms with van der Waals surface area (Å²) in [5.74, 6) is 0.599. The molecular formula is C5H13NO4Se. The van der Waals surface area contributed by atoms with Crippen LogP contribution in [0.25, 0.3) is 0 Å². The molecule has 0 radical (unpaired) electrons. The van der Waals surface area contributed by atoms with E-state index in [0.717, 1.165) is 0 Å². The maximum absolute atomic E-state index is 10.5. The quantitative estimate of drug-likeness (QED) is 0.604. The minimum Gasteiger partial charge on any atom is -0.412 e. The molecule has 0 heterocycles. The van der Waals surface area contributed by atoms with E-state index in [9.17, 15) is 8.63 Å². The van der Waals surface area contributed by atoms with E-state index < -0.39 is 25.8 Å². The molecule has 0 fully saturated rings. The van der Waals surface area contributed by atoms with E-state index in [1.807, 2.05) is 0 Å². The van der Waals surface area contributed by atoms with Crippen molar-refractivity contribution in [3.63, 3.8) is 0 Å². The zero-order chi connectivity index (χ0) is 8.15. The molecule has 2 atom stereocenters. The summed E-state index contributed by atoms with van der Waals surface area (Å²) >= 11 is -1.75. The third kappa shape index (κ3) is 7.61. The van der Waals surface area contributed by atoms with Gasteiger partial charge in [-0.05, 0) is 0 Å². The maximum Gasteiger partial charge on any atom is -0.412 e. The molecule has 0 aromatic heterocycles. The first kappa shape index (κ1) is 13.3. The SMILES string of the molecule is C[Se](=O)CC[C@H](N)C(=O)O.O. The first-order valence-corrected chi connectivity index (χ1v) is 6.45. The van der Waals surface area contributed by atoms with Gasteiger partial charge in [0.1, 0.15) is 0 Å². The van der Waals surface area contributed by atoms with Crippen LogP contribution >= 0.6 is 0 Å². The summed E-state index contributed by atoms with van der Waals surface area (Å²) in [5, 5.41) is 8.73. The topological polar surface area (TPSA) is 112 Å². The van der Waals surface area contributed by atoms with E-state index in [4.69, 9.17) is 10.8 Å². The maximum atomic E-state index is 10.5. The van der Waals surface area contributed by atoms with Gasteiger partial charge in [0.25, 0.3) is 0 Å². The summed E-state index contributed by atoms with van der Waals surface area (Å²) in [6, 6.07) is -0.847. The van der Waals surface area contributed by atoms with Crippen molar-refractivity contribution >= 4 is 19.8 Å². The molecule has 0 aliphatic carbocycles. The van der Waals surface area contributed by atoms with Crippen molar-refractivity contribution in [1.82, 2.24) is 0 Å². The minimum absolute atomic E-state index is 0. The molecule has 0 spiro atoms. The fourth-order valence-corrected chi connectivity index (χ4v) is 1.65. The number of carbonyl (C=O) groups is 1. The van der Waals surface area contributed by atoms with Crippen molar-refractivity contribution < 1.29 is 19.2 Å². The molecule has 0 aromatic rings. The van der Waals surface area contributed by atoms with Gasteiger partial charge in [-0.25, -0.2) is 0 Å². The summed E-state index contributed by atoms with van der Waals surface area (Å²) in [6.07, 6.45) is 0.319. The monoisotopic (exact) mass is 231 g/mol. The number of rotatable bonds is 4. The molecule has 0 aromatic carbocycles. The van der Waals surface area contributed by atoms with Gasteiger partial charge in [0.15, 0.2) is 0 Å². The zero-order valence-corrected chi connectivity index (χ0v) is 7.95. The predicted octanol–water partition coefficient (Wildman–Crippen LogP) is -0.985. The van der Waals surface area contributed by atoms with Crippen LogP contribution in [0.3, 0.4) is 0 Å². The van der Waals surface area contributed by atoms with Crippen LogP contribution in [0.1, 0.15) is 6.42 Å². The molecule has 0 amide bonds. The van der Waals surface area contributed by atoms with Crippen molar-refractivity contribution in [2.45, 2.75) is 23.6 Å². The van der Waals surface area contributed by atoms with Crippen molar-refractivity contribution in [3.05, 3.63) is 0 Å². The molecule has 5 N–H and O–H groups in total. The summed E-state index contributed by atoms with van der Waals surface area (Å²) in [5.41, 5.74) is 5.15. The second-order valence-electron chi connectivity index (χ2n) is 2.01. The smallest absolute Gasteiger partial charge is 0.412 e. The van der Waals surface area contributed by atoms with Gasteiger partial charge in [0.05, 0.1) is 0 Å². The van der Waals surface area contributed by atoms with E-state index >= 15 is 0 Å². The second kappa shape index (κ2) is 6.42. The Morgan fingerprint density at radius 1 is 1.73 bits per heavy atom.